The number of methoxy groups -OCH3 is 1. The van der Waals surface area contributed by atoms with Crippen LogP contribution in [0.5, 0.6) is 5.75 Å². The van der Waals surface area contributed by atoms with Crippen LogP contribution in [0.2, 0.25) is 0 Å². The highest BCUT2D eigenvalue weighted by Gasteiger charge is 2.44. The molecule has 6 rings (SSSR count). The molecule has 4 heterocycles. The summed E-state index contributed by atoms with van der Waals surface area (Å²) in [6.45, 7) is 19.3. The lowest BCUT2D eigenvalue weighted by atomic mass is 9.73. The maximum Gasteiger partial charge on any atom is 0.190 e. The summed E-state index contributed by atoms with van der Waals surface area (Å²) in [6, 6.07) is 12.6. The summed E-state index contributed by atoms with van der Waals surface area (Å²) in [4.78, 5) is 8.03. The van der Waals surface area contributed by atoms with Crippen molar-refractivity contribution in [1.82, 2.24) is 9.88 Å². The van der Waals surface area contributed by atoms with Gasteiger partial charge in [0, 0.05) is 24.2 Å². The number of nitrogens with zero attached hydrogens (tertiary/aromatic N) is 2. The van der Waals surface area contributed by atoms with E-state index in [0.717, 1.165) is 57.7 Å². The molecular formula is C35H46N2O3S. The van der Waals surface area contributed by atoms with Gasteiger partial charge in [0.25, 0.3) is 0 Å². The number of rotatable bonds is 10. The third kappa shape index (κ3) is 5.89. The van der Waals surface area contributed by atoms with E-state index < -0.39 is 11.1 Å². The van der Waals surface area contributed by atoms with Crippen molar-refractivity contribution in [3.63, 3.8) is 0 Å². The Hall–Kier alpha value is -2.54. The number of hydrogen-bond donors (Lipinski definition) is 0. The van der Waals surface area contributed by atoms with Crippen LogP contribution < -0.4 is 4.74 Å². The maximum atomic E-state index is 14.6. The lowest BCUT2D eigenvalue weighted by Crippen LogP contribution is -2.55. The van der Waals surface area contributed by atoms with Crippen LogP contribution in [0.4, 0.5) is 0 Å². The Balaban J connectivity index is 1.64. The molecule has 220 valence electrons. The van der Waals surface area contributed by atoms with Crippen LogP contribution in [0.1, 0.15) is 100 Å². The second kappa shape index (κ2) is 12.4. The summed E-state index contributed by atoms with van der Waals surface area (Å²) in [5.74, 6) is 2.67. The summed E-state index contributed by atoms with van der Waals surface area (Å²) in [7, 11) is 1.68. The lowest BCUT2D eigenvalue weighted by Gasteiger charge is -2.51. The second-order valence-electron chi connectivity index (χ2n) is 12.8. The standard InChI is InChI=1S/C35H46N2O3S/c1-9-24-20-37-15-13-25(24)18-33(37)34(28-12-14-36-32-11-10-27(39-8)19-31(28)32)40-41(38)35-29(22(4)5)16-26(21(2)3)17-30(35)23(6)7/h9-12,14,16-17,19,21-25,33-34H,1,13,15,18,20H2,2-8H3/t24-,25-,33-,34+,41-/m0/s1. The first-order valence-corrected chi connectivity index (χ1v) is 16.3. The molecule has 2 bridgehead atoms. The lowest BCUT2D eigenvalue weighted by molar-refractivity contribution is -0.0322. The van der Waals surface area contributed by atoms with Gasteiger partial charge in [-0.05, 0) is 95.5 Å². The van der Waals surface area contributed by atoms with E-state index in [1.54, 1.807) is 7.11 Å². The molecular weight excluding hydrogens is 528 g/mol. The quantitative estimate of drug-likeness (QED) is 0.228. The summed E-state index contributed by atoms with van der Waals surface area (Å²) in [5.41, 5.74) is 5.43. The van der Waals surface area contributed by atoms with Crippen LogP contribution in [0.25, 0.3) is 10.9 Å². The van der Waals surface area contributed by atoms with Crippen LogP contribution in [-0.4, -0.2) is 40.3 Å². The van der Waals surface area contributed by atoms with Crippen LogP contribution in [0.15, 0.2) is 60.1 Å². The fourth-order valence-corrected chi connectivity index (χ4v) is 8.25. The molecule has 3 aliphatic rings. The Morgan fingerprint density at radius 1 is 1.00 bits per heavy atom. The first-order valence-electron chi connectivity index (χ1n) is 15.2. The van der Waals surface area contributed by atoms with Gasteiger partial charge in [-0.15, -0.1) is 6.58 Å². The summed E-state index contributed by atoms with van der Waals surface area (Å²) in [6.07, 6.45) is 5.75. The molecule has 3 fully saturated rings. The van der Waals surface area contributed by atoms with Crippen molar-refractivity contribution in [2.45, 2.75) is 89.2 Å². The van der Waals surface area contributed by atoms with Crippen molar-refractivity contribution in [1.29, 1.82) is 0 Å². The first kappa shape index (κ1) is 29.9. The van der Waals surface area contributed by atoms with Gasteiger partial charge in [-0.2, -0.15) is 0 Å². The number of benzene rings is 2. The molecule has 0 aliphatic carbocycles. The zero-order chi connectivity index (χ0) is 29.4. The summed E-state index contributed by atoms with van der Waals surface area (Å²) < 4.78 is 27.1. The van der Waals surface area contributed by atoms with Crippen molar-refractivity contribution in [3.05, 3.63) is 77.5 Å². The van der Waals surface area contributed by atoms with Crippen molar-refractivity contribution < 1.29 is 13.1 Å². The molecule has 6 heteroatoms. The second-order valence-corrected chi connectivity index (χ2v) is 13.8. The average molecular weight is 575 g/mol. The van der Waals surface area contributed by atoms with E-state index >= 15 is 0 Å². The van der Waals surface area contributed by atoms with Crippen LogP contribution in [0, 0.1) is 11.8 Å². The van der Waals surface area contributed by atoms with E-state index in [2.05, 4.69) is 76.2 Å². The minimum atomic E-state index is -1.66. The van der Waals surface area contributed by atoms with Crippen molar-refractivity contribution in [2.75, 3.05) is 20.2 Å². The number of pyridine rings is 1. The maximum absolute atomic E-state index is 14.6. The van der Waals surface area contributed by atoms with E-state index in [4.69, 9.17) is 8.92 Å². The largest absolute Gasteiger partial charge is 0.497 e. The molecule has 1 unspecified atom stereocenters. The normalized spacial score (nSPS) is 23.9. The minimum Gasteiger partial charge on any atom is -0.497 e. The van der Waals surface area contributed by atoms with Crippen molar-refractivity contribution in [2.24, 2.45) is 11.8 Å². The number of aromatic nitrogens is 1. The SMILES string of the molecule is C=C[C@H]1CN2CC[C@H]1C[C@H]2[C@H](O[S@](=O)c1c(C(C)C)cc(C(C)C)cc1C(C)C)c1ccnc2ccc(OC)cc12. The van der Waals surface area contributed by atoms with Gasteiger partial charge in [0.1, 0.15) is 11.9 Å². The molecule has 41 heavy (non-hydrogen) atoms. The van der Waals surface area contributed by atoms with E-state index in [9.17, 15) is 4.21 Å². The monoisotopic (exact) mass is 574 g/mol. The smallest absolute Gasteiger partial charge is 0.190 e. The number of piperidine rings is 3. The Morgan fingerprint density at radius 2 is 1.71 bits per heavy atom. The van der Waals surface area contributed by atoms with Crippen LogP contribution >= 0.6 is 0 Å². The van der Waals surface area contributed by atoms with Crippen molar-refractivity contribution in [3.8, 4) is 5.75 Å². The van der Waals surface area contributed by atoms with Gasteiger partial charge in [0.15, 0.2) is 11.1 Å². The van der Waals surface area contributed by atoms with Gasteiger partial charge in [-0.25, -0.2) is 4.21 Å². The van der Waals surface area contributed by atoms with Gasteiger partial charge >= 0.3 is 0 Å². The molecule has 0 spiro atoms. The van der Waals surface area contributed by atoms with Gasteiger partial charge in [-0.3, -0.25) is 14.1 Å². The molecule has 3 saturated heterocycles. The van der Waals surface area contributed by atoms with Gasteiger partial charge in [-0.1, -0.05) is 59.8 Å². The third-order valence-corrected chi connectivity index (χ3v) is 10.4. The van der Waals surface area contributed by atoms with Crippen LogP contribution in [0.3, 0.4) is 0 Å². The summed E-state index contributed by atoms with van der Waals surface area (Å²) >= 11 is -1.66. The highest BCUT2D eigenvalue weighted by atomic mass is 32.2. The molecule has 0 radical (unpaired) electrons. The topological polar surface area (TPSA) is 51.7 Å². The van der Waals surface area contributed by atoms with E-state index in [-0.39, 0.29) is 24.0 Å². The Bertz CT molecular complexity index is 1400. The molecule has 2 aromatic carbocycles. The van der Waals surface area contributed by atoms with Crippen molar-refractivity contribution >= 4 is 22.0 Å². The number of ether oxygens (including phenoxy) is 1. The van der Waals surface area contributed by atoms with Gasteiger partial charge in [0.05, 0.1) is 17.5 Å². The van der Waals surface area contributed by atoms with E-state index in [1.165, 1.54) is 12.0 Å². The first-order chi connectivity index (χ1) is 19.6. The fraction of sp³-hybridized carbons (Fsp3) is 0.514. The molecule has 6 atom stereocenters. The highest BCUT2D eigenvalue weighted by molar-refractivity contribution is 7.80. The highest BCUT2D eigenvalue weighted by Crippen LogP contribution is 2.45. The Labute approximate surface area is 249 Å². The summed E-state index contributed by atoms with van der Waals surface area (Å²) in [5, 5.41) is 0.986. The average Bonchev–Trinajstić information content (AvgIpc) is 2.98. The Kier molecular flexibility index (Phi) is 9.03. The predicted octanol–water partition coefficient (Wildman–Crippen LogP) is 8.29. The molecule has 3 aromatic rings. The van der Waals surface area contributed by atoms with E-state index in [0.29, 0.717) is 17.8 Å². The minimum absolute atomic E-state index is 0.116. The van der Waals surface area contributed by atoms with Crippen LogP contribution in [-0.2, 0) is 15.3 Å². The molecule has 3 aliphatic heterocycles. The predicted molar refractivity (Wildman–Crippen MR) is 169 cm³/mol. The van der Waals surface area contributed by atoms with E-state index in [1.807, 2.05) is 30.5 Å². The zero-order valence-corrected chi connectivity index (χ0v) is 26.5. The molecule has 0 amide bonds. The Morgan fingerprint density at radius 3 is 2.27 bits per heavy atom. The molecule has 5 nitrogen and oxygen atoms in total. The number of hydrogen-bond acceptors (Lipinski definition) is 5. The fourth-order valence-electron chi connectivity index (χ4n) is 6.76. The zero-order valence-electron chi connectivity index (χ0n) is 25.7. The third-order valence-electron chi connectivity index (χ3n) is 9.23. The molecule has 1 aromatic heterocycles. The van der Waals surface area contributed by atoms with Gasteiger partial charge < -0.3 is 4.74 Å². The number of fused-ring (bicyclic) bond motifs is 4. The molecule has 0 N–H and O–H groups in total. The molecule has 0 saturated carbocycles. The van der Waals surface area contributed by atoms with Gasteiger partial charge in [0.2, 0.25) is 0 Å².